The molecule has 16 heavy (non-hydrogen) atoms. The van der Waals surface area contributed by atoms with E-state index in [2.05, 4.69) is 15.9 Å². The van der Waals surface area contributed by atoms with Crippen molar-refractivity contribution in [1.82, 2.24) is 0 Å². The first-order valence-electron chi connectivity index (χ1n) is 5.46. The lowest BCUT2D eigenvalue weighted by Gasteiger charge is -2.12. The van der Waals surface area contributed by atoms with Gasteiger partial charge in [0.2, 0.25) is 0 Å². The van der Waals surface area contributed by atoms with E-state index in [0.29, 0.717) is 6.61 Å². The van der Waals surface area contributed by atoms with E-state index in [9.17, 15) is 4.39 Å². The highest BCUT2D eigenvalue weighted by Gasteiger charge is 2.22. The van der Waals surface area contributed by atoms with E-state index >= 15 is 0 Å². The van der Waals surface area contributed by atoms with Crippen molar-refractivity contribution in [2.45, 2.75) is 38.0 Å². The average molecular weight is 288 g/mol. The van der Waals surface area contributed by atoms with Crippen LogP contribution in [0.3, 0.4) is 0 Å². The monoisotopic (exact) mass is 287 g/mol. The molecule has 2 N–H and O–H groups in total. The number of hydrogen-bond donors (Lipinski definition) is 1. The first kappa shape index (κ1) is 12.0. The van der Waals surface area contributed by atoms with Gasteiger partial charge in [0.1, 0.15) is 5.82 Å². The molecule has 1 aliphatic rings. The second kappa shape index (κ2) is 5.25. The first-order chi connectivity index (χ1) is 7.65. The Morgan fingerprint density at radius 2 is 2.25 bits per heavy atom. The molecule has 2 rings (SSSR count). The molecule has 0 heterocycles. The topological polar surface area (TPSA) is 35.2 Å². The number of halogens is 2. The number of rotatable bonds is 3. The smallest absolute Gasteiger partial charge is 0.123 e. The molecule has 0 spiro atoms. The third kappa shape index (κ3) is 3.03. The summed E-state index contributed by atoms with van der Waals surface area (Å²) in [5.41, 5.74) is 6.65. The van der Waals surface area contributed by atoms with Crippen LogP contribution in [0.2, 0.25) is 0 Å². The van der Waals surface area contributed by atoms with Crippen LogP contribution in [-0.2, 0) is 11.3 Å². The first-order valence-corrected chi connectivity index (χ1v) is 6.25. The van der Waals surface area contributed by atoms with Gasteiger partial charge >= 0.3 is 0 Å². The van der Waals surface area contributed by atoms with Crippen LogP contribution >= 0.6 is 15.9 Å². The Labute approximate surface area is 103 Å². The fourth-order valence-electron chi connectivity index (χ4n) is 1.99. The largest absolute Gasteiger partial charge is 0.373 e. The number of nitrogens with two attached hydrogens (primary N) is 1. The van der Waals surface area contributed by atoms with Crippen molar-refractivity contribution in [3.63, 3.8) is 0 Å². The minimum atomic E-state index is -0.232. The molecule has 2 nitrogen and oxygen atoms in total. The molecule has 2 atom stereocenters. The van der Waals surface area contributed by atoms with Gasteiger partial charge in [0.25, 0.3) is 0 Å². The molecule has 0 radical (unpaired) electrons. The van der Waals surface area contributed by atoms with Crippen LogP contribution in [0.5, 0.6) is 0 Å². The Balaban J connectivity index is 1.91. The van der Waals surface area contributed by atoms with Gasteiger partial charge < -0.3 is 10.5 Å². The Bertz CT molecular complexity index is 372. The highest BCUT2D eigenvalue weighted by atomic mass is 79.9. The maximum Gasteiger partial charge on any atom is 0.123 e. The van der Waals surface area contributed by atoms with Crippen molar-refractivity contribution in [1.29, 1.82) is 0 Å². The van der Waals surface area contributed by atoms with Crippen molar-refractivity contribution in [2.24, 2.45) is 5.73 Å². The van der Waals surface area contributed by atoms with Gasteiger partial charge in [0, 0.05) is 10.5 Å². The molecule has 4 heteroatoms. The van der Waals surface area contributed by atoms with E-state index in [1.807, 2.05) is 0 Å². The van der Waals surface area contributed by atoms with E-state index in [0.717, 1.165) is 29.3 Å². The van der Waals surface area contributed by atoms with Crippen LogP contribution in [0, 0.1) is 5.82 Å². The zero-order valence-electron chi connectivity index (χ0n) is 8.96. The third-order valence-electron chi connectivity index (χ3n) is 2.91. The Morgan fingerprint density at radius 1 is 1.44 bits per heavy atom. The van der Waals surface area contributed by atoms with Crippen molar-refractivity contribution >= 4 is 15.9 Å². The molecule has 0 aromatic heterocycles. The molecule has 2 unspecified atom stereocenters. The van der Waals surface area contributed by atoms with Crippen molar-refractivity contribution < 1.29 is 9.13 Å². The minimum Gasteiger partial charge on any atom is -0.373 e. The van der Waals surface area contributed by atoms with Crippen LogP contribution < -0.4 is 5.73 Å². The van der Waals surface area contributed by atoms with Gasteiger partial charge in [0.15, 0.2) is 0 Å². The van der Waals surface area contributed by atoms with E-state index in [4.69, 9.17) is 10.5 Å². The molecule has 1 aromatic carbocycles. The van der Waals surface area contributed by atoms with Crippen LogP contribution in [0.1, 0.15) is 24.8 Å². The number of ether oxygens (including phenoxy) is 1. The number of benzene rings is 1. The fraction of sp³-hybridized carbons (Fsp3) is 0.500. The molecule has 0 amide bonds. The highest BCUT2D eigenvalue weighted by molar-refractivity contribution is 9.10. The summed E-state index contributed by atoms with van der Waals surface area (Å²) in [4.78, 5) is 0. The zero-order chi connectivity index (χ0) is 11.5. The molecule has 0 bridgehead atoms. The van der Waals surface area contributed by atoms with Crippen molar-refractivity contribution in [3.8, 4) is 0 Å². The standard InChI is InChI=1S/C12H15BrFNO/c13-12-4-1-9(14)5-8(12)7-16-11-3-2-10(15)6-11/h1,4-5,10-11H,2-3,6-7,15H2. The molecule has 1 saturated carbocycles. The van der Waals surface area contributed by atoms with Gasteiger partial charge in [-0.1, -0.05) is 15.9 Å². The molecule has 1 fully saturated rings. The Morgan fingerprint density at radius 3 is 2.94 bits per heavy atom. The van der Waals surface area contributed by atoms with E-state index < -0.39 is 0 Å². The summed E-state index contributed by atoms with van der Waals surface area (Å²) in [5.74, 6) is -0.232. The van der Waals surface area contributed by atoms with Gasteiger partial charge in [0.05, 0.1) is 12.7 Å². The molecular weight excluding hydrogens is 273 g/mol. The fourth-order valence-corrected chi connectivity index (χ4v) is 2.35. The molecule has 88 valence electrons. The van der Waals surface area contributed by atoms with E-state index in [1.165, 1.54) is 12.1 Å². The van der Waals surface area contributed by atoms with E-state index in [-0.39, 0.29) is 18.0 Å². The summed E-state index contributed by atoms with van der Waals surface area (Å²) in [6.45, 7) is 0.440. The maximum absolute atomic E-state index is 13.0. The van der Waals surface area contributed by atoms with E-state index in [1.54, 1.807) is 6.07 Å². The van der Waals surface area contributed by atoms with Crippen molar-refractivity contribution in [3.05, 3.63) is 34.1 Å². The minimum absolute atomic E-state index is 0.227. The van der Waals surface area contributed by atoms with Gasteiger partial charge in [-0.05, 0) is 43.0 Å². The van der Waals surface area contributed by atoms with Gasteiger partial charge in [-0.25, -0.2) is 4.39 Å². The normalized spacial score (nSPS) is 24.9. The lowest BCUT2D eigenvalue weighted by atomic mass is 10.2. The molecule has 0 aliphatic heterocycles. The van der Waals surface area contributed by atoms with Crippen LogP contribution in [0.4, 0.5) is 4.39 Å². The molecule has 1 aliphatic carbocycles. The predicted molar refractivity (Wildman–Crippen MR) is 64.5 cm³/mol. The van der Waals surface area contributed by atoms with Gasteiger partial charge in [-0.2, -0.15) is 0 Å². The second-order valence-corrected chi connectivity index (χ2v) is 5.10. The molecular formula is C12H15BrFNO. The lowest BCUT2D eigenvalue weighted by molar-refractivity contribution is 0.0444. The van der Waals surface area contributed by atoms with Gasteiger partial charge in [-0.15, -0.1) is 0 Å². The number of hydrogen-bond acceptors (Lipinski definition) is 2. The summed E-state index contributed by atoms with van der Waals surface area (Å²) >= 11 is 3.38. The third-order valence-corrected chi connectivity index (χ3v) is 3.68. The Hall–Kier alpha value is -0.450. The predicted octanol–water partition coefficient (Wildman–Crippen LogP) is 2.98. The summed E-state index contributed by atoms with van der Waals surface area (Å²) in [5, 5.41) is 0. The van der Waals surface area contributed by atoms with Crippen LogP contribution in [0.15, 0.2) is 22.7 Å². The molecule has 0 saturated heterocycles. The lowest BCUT2D eigenvalue weighted by Crippen LogP contribution is -2.17. The SMILES string of the molecule is NC1CCC(OCc2cc(F)ccc2Br)C1. The summed E-state index contributed by atoms with van der Waals surface area (Å²) < 4.78 is 19.6. The van der Waals surface area contributed by atoms with Crippen molar-refractivity contribution in [2.75, 3.05) is 0 Å². The second-order valence-electron chi connectivity index (χ2n) is 4.24. The van der Waals surface area contributed by atoms with Crippen LogP contribution in [-0.4, -0.2) is 12.1 Å². The summed E-state index contributed by atoms with van der Waals surface area (Å²) in [6, 6.07) is 4.90. The summed E-state index contributed by atoms with van der Waals surface area (Å²) in [6.07, 6.45) is 3.17. The summed E-state index contributed by atoms with van der Waals surface area (Å²) in [7, 11) is 0. The maximum atomic E-state index is 13.0. The quantitative estimate of drug-likeness (QED) is 0.928. The zero-order valence-corrected chi connectivity index (χ0v) is 10.5. The highest BCUT2D eigenvalue weighted by Crippen LogP contribution is 2.24. The Kier molecular flexibility index (Phi) is 3.95. The average Bonchev–Trinajstić information content (AvgIpc) is 2.66. The van der Waals surface area contributed by atoms with Gasteiger partial charge in [-0.3, -0.25) is 0 Å². The molecule has 1 aromatic rings. The van der Waals surface area contributed by atoms with Crippen LogP contribution in [0.25, 0.3) is 0 Å².